The molecule has 0 aliphatic heterocycles. The van der Waals surface area contributed by atoms with Crippen molar-refractivity contribution in [2.75, 3.05) is 0 Å². The first-order valence-electron chi connectivity index (χ1n) is 9.00. The van der Waals surface area contributed by atoms with Gasteiger partial charge in [0.1, 0.15) is 11.5 Å². The van der Waals surface area contributed by atoms with Gasteiger partial charge in [0.05, 0.1) is 5.56 Å². The second kappa shape index (κ2) is 8.81. The zero-order chi connectivity index (χ0) is 22.6. The van der Waals surface area contributed by atoms with Crippen molar-refractivity contribution in [2.24, 2.45) is 0 Å². The van der Waals surface area contributed by atoms with Crippen molar-refractivity contribution in [2.45, 2.75) is 18.9 Å². The Morgan fingerprint density at radius 3 is 2.23 bits per heavy atom. The van der Waals surface area contributed by atoms with E-state index in [2.05, 4.69) is 4.18 Å². The third kappa shape index (κ3) is 5.43. The van der Waals surface area contributed by atoms with Crippen molar-refractivity contribution in [1.82, 2.24) is 0 Å². The number of halogens is 3. The summed E-state index contributed by atoms with van der Waals surface area (Å²) in [6, 6.07) is 19.1. The lowest BCUT2D eigenvalue weighted by Crippen LogP contribution is -2.28. The minimum Gasteiger partial charge on any atom is -0.457 e. The third-order valence-electron chi connectivity index (χ3n) is 4.31. The second-order valence-corrected chi connectivity index (χ2v) is 8.20. The molecule has 0 atom stereocenters. The minimum atomic E-state index is -5.95. The summed E-state index contributed by atoms with van der Waals surface area (Å²) in [5.74, 6) is -0.355. The molecule has 162 valence electrons. The largest absolute Gasteiger partial charge is 0.534 e. The molecule has 3 aromatic carbocycles. The van der Waals surface area contributed by atoms with Gasteiger partial charge in [-0.2, -0.15) is 21.6 Å². The first kappa shape index (κ1) is 22.4. The van der Waals surface area contributed by atoms with Crippen LogP contribution in [0.4, 0.5) is 13.2 Å². The van der Waals surface area contributed by atoms with Crippen LogP contribution in [0.3, 0.4) is 0 Å². The van der Waals surface area contributed by atoms with Crippen LogP contribution in [-0.4, -0.2) is 20.2 Å². The van der Waals surface area contributed by atoms with E-state index in [1.165, 1.54) is 13.0 Å². The molecule has 0 aliphatic carbocycles. The smallest absolute Gasteiger partial charge is 0.457 e. The van der Waals surface area contributed by atoms with Crippen LogP contribution < -0.4 is 8.92 Å². The maximum absolute atomic E-state index is 12.7. The van der Waals surface area contributed by atoms with Crippen LogP contribution in [0.25, 0.3) is 0 Å². The van der Waals surface area contributed by atoms with Gasteiger partial charge in [-0.15, -0.1) is 0 Å². The Balaban J connectivity index is 1.89. The molecule has 0 saturated heterocycles. The standard InChI is InChI=1S/C22H17F3O5S/c1-15-10-19(13-21(20(15)14-26)30-31(27,28)22(23,24)25)29-18-9-5-8-17(12-18)11-16-6-3-2-4-7-16/h2-10,12-14H,11H2,1H3. The molecule has 31 heavy (non-hydrogen) atoms. The molecule has 0 unspecified atom stereocenters. The molecule has 5 nitrogen and oxygen atoms in total. The molecule has 0 heterocycles. The zero-order valence-corrected chi connectivity index (χ0v) is 17.0. The van der Waals surface area contributed by atoms with Crippen molar-refractivity contribution in [1.29, 1.82) is 0 Å². The molecule has 0 aromatic heterocycles. The van der Waals surface area contributed by atoms with Crippen LogP contribution in [0.5, 0.6) is 17.2 Å². The summed E-state index contributed by atoms with van der Waals surface area (Å²) >= 11 is 0. The predicted octanol–water partition coefficient (Wildman–Crippen LogP) is 5.42. The number of hydrogen-bond acceptors (Lipinski definition) is 5. The summed E-state index contributed by atoms with van der Waals surface area (Å²) in [5, 5.41) is 0. The van der Waals surface area contributed by atoms with Gasteiger partial charge in [0.2, 0.25) is 0 Å². The molecular formula is C22H17F3O5S. The van der Waals surface area contributed by atoms with Crippen molar-refractivity contribution >= 4 is 16.4 Å². The fraction of sp³-hybridized carbons (Fsp3) is 0.136. The SMILES string of the molecule is Cc1cc(Oc2cccc(Cc3ccccc3)c2)cc(OS(=O)(=O)C(F)(F)F)c1C=O. The fourth-order valence-electron chi connectivity index (χ4n) is 2.87. The van der Waals surface area contributed by atoms with E-state index in [1.807, 2.05) is 36.4 Å². The van der Waals surface area contributed by atoms with Crippen LogP contribution in [0.2, 0.25) is 0 Å². The number of carbonyl (C=O) groups excluding carboxylic acids is 1. The van der Waals surface area contributed by atoms with Crippen molar-refractivity contribution < 1.29 is 35.3 Å². The lowest BCUT2D eigenvalue weighted by molar-refractivity contribution is -0.0500. The van der Waals surface area contributed by atoms with Crippen molar-refractivity contribution in [3.63, 3.8) is 0 Å². The van der Waals surface area contributed by atoms with Crippen LogP contribution in [0, 0.1) is 6.92 Å². The first-order chi connectivity index (χ1) is 14.6. The number of carbonyl (C=O) groups is 1. The lowest BCUT2D eigenvalue weighted by atomic mass is 10.0. The predicted molar refractivity (Wildman–Crippen MR) is 108 cm³/mol. The quantitative estimate of drug-likeness (QED) is 0.273. The number of benzene rings is 3. The average Bonchev–Trinajstić information content (AvgIpc) is 2.68. The van der Waals surface area contributed by atoms with Gasteiger partial charge in [0.25, 0.3) is 0 Å². The van der Waals surface area contributed by atoms with Gasteiger partial charge in [-0.1, -0.05) is 42.5 Å². The van der Waals surface area contributed by atoms with Gasteiger partial charge in [-0.3, -0.25) is 4.79 Å². The Labute approximate surface area is 177 Å². The molecule has 3 rings (SSSR count). The summed E-state index contributed by atoms with van der Waals surface area (Å²) in [5.41, 5.74) is -3.75. The molecule has 0 amide bonds. The Kier molecular flexibility index (Phi) is 6.35. The van der Waals surface area contributed by atoms with Gasteiger partial charge >= 0.3 is 15.6 Å². The summed E-state index contributed by atoms with van der Waals surface area (Å²) < 4.78 is 70.7. The highest BCUT2D eigenvalue weighted by Crippen LogP contribution is 2.34. The number of alkyl halides is 3. The zero-order valence-electron chi connectivity index (χ0n) is 16.2. The topological polar surface area (TPSA) is 69.7 Å². The Bertz CT molecular complexity index is 1190. The molecule has 3 aromatic rings. The van der Waals surface area contributed by atoms with Crippen molar-refractivity contribution in [3.8, 4) is 17.2 Å². The van der Waals surface area contributed by atoms with E-state index in [1.54, 1.807) is 18.2 Å². The van der Waals surface area contributed by atoms with Crippen LogP contribution in [0.1, 0.15) is 27.0 Å². The fourth-order valence-corrected chi connectivity index (χ4v) is 3.33. The minimum absolute atomic E-state index is 0.0207. The van der Waals surface area contributed by atoms with Crippen LogP contribution >= 0.6 is 0 Å². The Hall–Kier alpha value is -3.33. The third-order valence-corrected chi connectivity index (χ3v) is 5.27. The summed E-state index contributed by atoms with van der Waals surface area (Å²) in [6.45, 7) is 1.43. The monoisotopic (exact) mass is 450 g/mol. The summed E-state index contributed by atoms with van der Waals surface area (Å²) in [4.78, 5) is 11.3. The Morgan fingerprint density at radius 1 is 0.903 bits per heavy atom. The molecule has 0 bridgehead atoms. The molecule has 0 aliphatic rings. The number of rotatable bonds is 7. The molecule has 0 fully saturated rings. The number of ether oxygens (including phenoxy) is 1. The maximum atomic E-state index is 12.7. The highest BCUT2D eigenvalue weighted by atomic mass is 32.2. The van der Waals surface area contributed by atoms with Gasteiger partial charge < -0.3 is 8.92 Å². The molecule has 0 N–H and O–H groups in total. The van der Waals surface area contributed by atoms with Crippen LogP contribution in [0.15, 0.2) is 66.7 Å². The van der Waals surface area contributed by atoms with Crippen molar-refractivity contribution in [3.05, 3.63) is 89.0 Å². The van der Waals surface area contributed by atoms with Gasteiger partial charge in [-0.25, -0.2) is 0 Å². The normalized spacial score (nSPS) is 11.7. The average molecular weight is 450 g/mol. The van der Waals surface area contributed by atoms with E-state index in [4.69, 9.17) is 4.74 Å². The second-order valence-electron chi connectivity index (χ2n) is 6.66. The maximum Gasteiger partial charge on any atom is 0.534 e. The summed E-state index contributed by atoms with van der Waals surface area (Å²) in [6.07, 6.45) is 0.861. The summed E-state index contributed by atoms with van der Waals surface area (Å²) in [7, 11) is -5.95. The van der Waals surface area contributed by atoms with E-state index in [0.29, 0.717) is 12.2 Å². The number of aldehydes is 1. The molecular weight excluding hydrogens is 433 g/mol. The lowest BCUT2D eigenvalue weighted by Gasteiger charge is -2.14. The first-order valence-corrected chi connectivity index (χ1v) is 10.4. The number of hydrogen-bond donors (Lipinski definition) is 0. The number of aryl methyl sites for hydroxylation is 1. The highest BCUT2D eigenvalue weighted by molar-refractivity contribution is 7.88. The molecule has 0 spiro atoms. The van der Waals surface area contributed by atoms with E-state index >= 15 is 0 Å². The van der Waals surface area contributed by atoms with E-state index in [-0.39, 0.29) is 23.2 Å². The molecule has 0 saturated carbocycles. The van der Waals surface area contributed by atoms with E-state index in [0.717, 1.165) is 17.2 Å². The van der Waals surface area contributed by atoms with Gasteiger partial charge in [0, 0.05) is 6.07 Å². The highest BCUT2D eigenvalue weighted by Gasteiger charge is 2.49. The molecule has 9 heteroatoms. The van der Waals surface area contributed by atoms with E-state index in [9.17, 15) is 26.4 Å². The Morgan fingerprint density at radius 2 is 1.58 bits per heavy atom. The van der Waals surface area contributed by atoms with Gasteiger partial charge in [-0.05, 0) is 48.2 Å². The molecule has 0 radical (unpaired) electrons. The van der Waals surface area contributed by atoms with E-state index < -0.39 is 21.4 Å². The van der Waals surface area contributed by atoms with Gasteiger partial charge in [0.15, 0.2) is 12.0 Å². The van der Waals surface area contributed by atoms with Crippen LogP contribution in [-0.2, 0) is 16.5 Å².